The lowest BCUT2D eigenvalue weighted by atomic mass is 10.1. The van der Waals surface area contributed by atoms with E-state index in [2.05, 4.69) is 15.5 Å². The van der Waals surface area contributed by atoms with Crippen molar-refractivity contribution in [3.8, 4) is 11.5 Å². The molecule has 4 rings (SSSR count). The van der Waals surface area contributed by atoms with Crippen LogP contribution in [0.15, 0.2) is 83.3 Å². The van der Waals surface area contributed by atoms with Crippen molar-refractivity contribution in [2.24, 2.45) is 0 Å². The molecule has 0 fully saturated rings. The van der Waals surface area contributed by atoms with Gasteiger partial charge < -0.3 is 14.5 Å². The smallest absolute Gasteiger partial charge is 0.338 e. The maximum Gasteiger partial charge on any atom is 0.338 e. The number of hydrogen-bond acceptors (Lipinski definition) is 6. The Morgan fingerprint density at radius 1 is 1.03 bits per heavy atom. The van der Waals surface area contributed by atoms with E-state index in [4.69, 9.17) is 9.15 Å². The molecule has 1 aromatic heterocycles. The number of nitrogens with one attached hydrogen (secondary N) is 1. The predicted octanol–water partition coefficient (Wildman–Crippen LogP) is 5.25. The van der Waals surface area contributed by atoms with Gasteiger partial charge in [-0.15, -0.1) is 10.2 Å². The first-order chi connectivity index (χ1) is 15.2. The minimum atomic E-state index is -0.761. The fourth-order valence-electron chi connectivity index (χ4n) is 3.15. The predicted molar refractivity (Wildman–Crippen MR) is 114 cm³/mol. The Morgan fingerprint density at radius 2 is 1.81 bits per heavy atom. The van der Waals surface area contributed by atoms with E-state index in [1.54, 1.807) is 49.4 Å². The van der Waals surface area contributed by atoms with Gasteiger partial charge in [-0.25, -0.2) is 9.18 Å². The molecule has 6 nitrogen and oxygen atoms in total. The van der Waals surface area contributed by atoms with Crippen LogP contribution >= 0.6 is 0 Å². The summed E-state index contributed by atoms with van der Waals surface area (Å²) in [5, 5.41) is 11.5. The fourth-order valence-corrected chi connectivity index (χ4v) is 3.15. The maximum absolute atomic E-state index is 14.7. The van der Waals surface area contributed by atoms with Crippen LogP contribution in [0.3, 0.4) is 0 Å². The Labute approximate surface area is 178 Å². The molecule has 1 heterocycles. The van der Waals surface area contributed by atoms with E-state index in [9.17, 15) is 9.18 Å². The highest BCUT2D eigenvalue weighted by Crippen LogP contribution is 2.30. The molecule has 0 spiro atoms. The van der Waals surface area contributed by atoms with Gasteiger partial charge >= 0.3 is 5.97 Å². The van der Waals surface area contributed by atoms with Crippen LogP contribution in [0, 0.1) is 5.82 Å². The van der Waals surface area contributed by atoms with E-state index in [1.807, 2.05) is 30.3 Å². The van der Waals surface area contributed by atoms with Gasteiger partial charge in [0, 0.05) is 16.8 Å². The summed E-state index contributed by atoms with van der Waals surface area (Å²) in [6.07, 6.45) is 0. The van der Waals surface area contributed by atoms with E-state index in [0.29, 0.717) is 22.7 Å². The molecule has 4 aromatic rings. The van der Waals surface area contributed by atoms with E-state index in [1.165, 1.54) is 6.07 Å². The van der Waals surface area contributed by atoms with Crippen LogP contribution in [-0.2, 0) is 4.74 Å². The van der Waals surface area contributed by atoms with E-state index in [-0.39, 0.29) is 12.5 Å². The monoisotopic (exact) mass is 417 g/mol. The minimum Gasteiger partial charge on any atom is -0.462 e. The molecule has 0 radical (unpaired) electrons. The van der Waals surface area contributed by atoms with Crippen molar-refractivity contribution in [3.05, 3.63) is 102 Å². The maximum atomic E-state index is 14.7. The Bertz CT molecular complexity index is 1180. The number of rotatable bonds is 7. The van der Waals surface area contributed by atoms with Crippen LogP contribution in [0.2, 0.25) is 0 Å². The Kier molecular flexibility index (Phi) is 6.03. The summed E-state index contributed by atoms with van der Waals surface area (Å²) in [5.41, 5.74) is 2.07. The van der Waals surface area contributed by atoms with Gasteiger partial charge in [0.05, 0.1) is 12.2 Å². The van der Waals surface area contributed by atoms with Gasteiger partial charge in [-0.2, -0.15) is 0 Å². The van der Waals surface area contributed by atoms with Crippen molar-refractivity contribution in [1.29, 1.82) is 0 Å². The molecule has 0 saturated carbocycles. The summed E-state index contributed by atoms with van der Waals surface area (Å²) in [6, 6.07) is 21.7. The number of ether oxygens (including phenoxy) is 1. The van der Waals surface area contributed by atoms with Crippen LogP contribution < -0.4 is 5.32 Å². The molecule has 31 heavy (non-hydrogen) atoms. The number of carbonyl (C=O) groups is 1. The van der Waals surface area contributed by atoms with Crippen molar-refractivity contribution in [2.45, 2.75) is 13.0 Å². The molecule has 156 valence electrons. The summed E-state index contributed by atoms with van der Waals surface area (Å²) in [6.45, 7) is 2.02. The van der Waals surface area contributed by atoms with Crippen LogP contribution in [0.1, 0.15) is 34.8 Å². The first-order valence-corrected chi connectivity index (χ1v) is 9.82. The first kappa shape index (κ1) is 20.3. The Hall–Kier alpha value is -4.00. The Morgan fingerprint density at radius 3 is 2.58 bits per heavy atom. The highest BCUT2D eigenvalue weighted by atomic mass is 19.1. The van der Waals surface area contributed by atoms with Crippen LogP contribution in [0.5, 0.6) is 0 Å². The molecule has 0 aliphatic carbocycles. The molecular weight excluding hydrogens is 397 g/mol. The summed E-state index contributed by atoms with van der Waals surface area (Å²) in [7, 11) is 0. The first-order valence-electron chi connectivity index (χ1n) is 9.82. The van der Waals surface area contributed by atoms with E-state index < -0.39 is 17.8 Å². The van der Waals surface area contributed by atoms with E-state index >= 15 is 0 Å². The van der Waals surface area contributed by atoms with Gasteiger partial charge in [-0.1, -0.05) is 42.5 Å². The number of aromatic nitrogens is 2. The van der Waals surface area contributed by atoms with Gasteiger partial charge in [0.15, 0.2) is 0 Å². The molecule has 1 unspecified atom stereocenters. The lowest BCUT2D eigenvalue weighted by molar-refractivity contribution is 0.0526. The zero-order valence-electron chi connectivity index (χ0n) is 16.8. The third kappa shape index (κ3) is 4.61. The van der Waals surface area contributed by atoms with Gasteiger partial charge in [0.25, 0.3) is 0 Å². The third-order valence-corrected chi connectivity index (χ3v) is 4.61. The summed E-state index contributed by atoms with van der Waals surface area (Å²) in [5.74, 6) is -0.316. The molecule has 3 aromatic carbocycles. The molecule has 0 saturated heterocycles. The number of anilines is 1. The highest BCUT2D eigenvalue weighted by molar-refractivity contribution is 5.90. The number of benzene rings is 3. The number of halogens is 1. The highest BCUT2D eigenvalue weighted by Gasteiger charge is 2.24. The molecule has 0 aliphatic rings. The SMILES string of the molecule is CCOC(=O)c1cccc(NC(c2nnc(-c3ccccc3)o2)c2ccccc2F)c1. The van der Waals surface area contributed by atoms with Gasteiger partial charge in [0.1, 0.15) is 11.9 Å². The Balaban J connectivity index is 1.70. The largest absolute Gasteiger partial charge is 0.462 e. The third-order valence-electron chi connectivity index (χ3n) is 4.61. The second-order valence-electron chi connectivity index (χ2n) is 6.71. The molecule has 0 amide bonds. The summed E-state index contributed by atoms with van der Waals surface area (Å²) >= 11 is 0. The topological polar surface area (TPSA) is 77.2 Å². The van der Waals surface area contributed by atoms with Crippen molar-refractivity contribution in [1.82, 2.24) is 10.2 Å². The number of hydrogen-bond donors (Lipinski definition) is 1. The van der Waals surface area contributed by atoms with E-state index in [0.717, 1.165) is 5.56 Å². The van der Waals surface area contributed by atoms with Crippen LogP contribution in [0.25, 0.3) is 11.5 Å². The molecule has 0 bridgehead atoms. The molecule has 1 N–H and O–H groups in total. The molecule has 7 heteroatoms. The standard InChI is InChI=1S/C24H20FN3O3/c1-2-30-24(29)17-11-8-12-18(15-17)26-21(19-13-6-7-14-20(19)25)23-28-27-22(31-23)16-9-4-3-5-10-16/h3-15,21,26H,2H2,1H3. The minimum absolute atomic E-state index is 0.200. The average molecular weight is 417 g/mol. The van der Waals surface area contributed by atoms with Gasteiger partial charge in [-0.3, -0.25) is 0 Å². The van der Waals surface area contributed by atoms with Crippen molar-refractivity contribution in [2.75, 3.05) is 11.9 Å². The number of esters is 1. The zero-order chi connectivity index (χ0) is 21.6. The van der Waals surface area contributed by atoms with Crippen LogP contribution in [-0.4, -0.2) is 22.8 Å². The molecule has 0 aliphatic heterocycles. The van der Waals surface area contributed by atoms with Gasteiger partial charge in [-0.05, 0) is 43.3 Å². The van der Waals surface area contributed by atoms with Crippen molar-refractivity contribution in [3.63, 3.8) is 0 Å². The second-order valence-corrected chi connectivity index (χ2v) is 6.71. The van der Waals surface area contributed by atoms with Crippen molar-refractivity contribution >= 4 is 11.7 Å². The second kappa shape index (κ2) is 9.21. The molecule has 1 atom stereocenters. The number of nitrogens with zero attached hydrogens (tertiary/aromatic N) is 2. The quantitative estimate of drug-likeness (QED) is 0.414. The number of carbonyl (C=O) groups excluding carboxylic acids is 1. The average Bonchev–Trinajstić information content (AvgIpc) is 3.29. The summed E-state index contributed by atoms with van der Waals surface area (Å²) in [4.78, 5) is 12.1. The van der Waals surface area contributed by atoms with Crippen LogP contribution in [0.4, 0.5) is 10.1 Å². The lowest BCUT2D eigenvalue weighted by Crippen LogP contribution is -2.15. The lowest BCUT2D eigenvalue weighted by Gasteiger charge is -2.18. The van der Waals surface area contributed by atoms with Crippen molar-refractivity contribution < 1.29 is 18.3 Å². The normalized spacial score (nSPS) is 11.7. The summed E-state index contributed by atoms with van der Waals surface area (Å²) < 4.78 is 25.6. The molecular formula is C24H20FN3O3. The van der Waals surface area contributed by atoms with Gasteiger partial charge in [0.2, 0.25) is 11.8 Å². The zero-order valence-corrected chi connectivity index (χ0v) is 16.8. The fraction of sp³-hybridized carbons (Fsp3) is 0.125.